The molecule has 7 nitrogen and oxygen atoms in total. The summed E-state index contributed by atoms with van der Waals surface area (Å²) in [5.74, 6) is 0.806. The summed E-state index contributed by atoms with van der Waals surface area (Å²) in [7, 11) is 0. The number of carbonyl (C=O) groups is 1. The van der Waals surface area contributed by atoms with E-state index in [1.807, 2.05) is 6.92 Å². The first-order valence-electron chi connectivity index (χ1n) is 9.58. The maximum absolute atomic E-state index is 12.8. The van der Waals surface area contributed by atoms with Crippen LogP contribution in [0, 0.1) is 17.0 Å². The van der Waals surface area contributed by atoms with Crippen molar-refractivity contribution >= 4 is 28.9 Å². The van der Waals surface area contributed by atoms with E-state index in [0.29, 0.717) is 45.5 Å². The maximum atomic E-state index is 12.8. The third-order valence-electron chi connectivity index (χ3n) is 4.56. The number of ether oxygens (including phenoxy) is 2. The van der Waals surface area contributed by atoms with E-state index in [1.54, 1.807) is 55.5 Å². The Labute approximate surface area is 184 Å². The van der Waals surface area contributed by atoms with Gasteiger partial charge in [0.25, 0.3) is 11.6 Å². The molecule has 3 rings (SSSR count). The summed E-state index contributed by atoms with van der Waals surface area (Å²) in [4.78, 5) is 23.5. The van der Waals surface area contributed by atoms with Gasteiger partial charge in [0.05, 0.1) is 22.8 Å². The summed E-state index contributed by atoms with van der Waals surface area (Å²) in [5.41, 5.74) is 1.77. The summed E-state index contributed by atoms with van der Waals surface area (Å²) in [6, 6.07) is 16.6. The Morgan fingerprint density at radius 2 is 1.87 bits per heavy atom. The maximum Gasteiger partial charge on any atom is 0.274 e. The number of rotatable bonds is 8. The molecule has 0 aliphatic carbocycles. The van der Waals surface area contributed by atoms with Gasteiger partial charge in [-0.05, 0) is 56.3 Å². The van der Waals surface area contributed by atoms with Crippen LogP contribution in [-0.2, 0) is 6.61 Å². The van der Waals surface area contributed by atoms with E-state index in [1.165, 1.54) is 12.1 Å². The summed E-state index contributed by atoms with van der Waals surface area (Å²) < 4.78 is 11.5. The number of hydrogen-bond donors (Lipinski definition) is 1. The van der Waals surface area contributed by atoms with Gasteiger partial charge < -0.3 is 14.8 Å². The van der Waals surface area contributed by atoms with E-state index in [-0.39, 0.29) is 12.3 Å². The van der Waals surface area contributed by atoms with Crippen LogP contribution in [0.5, 0.6) is 11.5 Å². The lowest BCUT2D eigenvalue weighted by Crippen LogP contribution is -2.14. The fourth-order valence-corrected chi connectivity index (χ4v) is 3.18. The van der Waals surface area contributed by atoms with Crippen molar-refractivity contribution in [2.24, 2.45) is 0 Å². The molecular weight excluding hydrogens is 420 g/mol. The van der Waals surface area contributed by atoms with E-state index in [2.05, 4.69) is 5.32 Å². The molecule has 3 aromatic carbocycles. The van der Waals surface area contributed by atoms with Crippen LogP contribution in [0.15, 0.2) is 60.7 Å². The molecule has 0 aliphatic heterocycles. The van der Waals surface area contributed by atoms with Crippen LogP contribution in [0.25, 0.3) is 0 Å². The smallest absolute Gasteiger partial charge is 0.274 e. The molecule has 0 heterocycles. The van der Waals surface area contributed by atoms with Crippen LogP contribution < -0.4 is 14.8 Å². The van der Waals surface area contributed by atoms with Crippen molar-refractivity contribution in [1.29, 1.82) is 0 Å². The van der Waals surface area contributed by atoms with Crippen LogP contribution in [0.3, 0.4) is 0 Å². The number of carbonyl (C=O) groups excluding carboxylic acids is 1. The first kappa shape index (κ1) is 22.1. The third-order valence-corrected chi connectivity index (χ3v) is 4.80. The van der Waals surface area contributed by atoms with Gasteiger partial charge in [-0.15, -0.1) is 0 Å². The number of amides is 1. The second-order valence-electron chi connectivity index (χ2n) is 6.66. The Hall–Kier alpha value is -3.58. The highest BCUT2D eigenvalue weighted by molar-refractivity contribution is 6.30. The SMILES string of the molecule is CCOc1ccc(C(=O)Nc2cccc([N+](=O)[O-])c2C)cc1COc1cccc(Cl)c1. The molecule has 1 amide bonds. The largest absolute Gasteiger partial charge is 0.493 e. The standard InChI is InChI=1S/C23H21ClN2O5/c1-3-30-22-11-10-16(12-17(22)14-31-19-7-4-6-18(24)13-19)23(27)25-20-8-5-9-21(15(20)2)26(28)29/h4-13H,3,14H2,1-2H3,(H,25,27). The average Bonchev–Trinajstić information content (AvgIpc) is 2.74. The van der Waals surface area contributed by atoms with Gasteiger partial charge in [-0.3, -0.25) is 14.9 Å². The topological polar surface area (TPSA) is 90.7 Å². The first-order valence-corrected chi connectivity index (χ1v) is 9.96. The van der Waals surface area contributed by atoms with Crippen molar-refractivity contribution in [3.8, 4) is 11.5 Å². The molecule has 0 aliphatic rings. The first-order chi connectivity index (χ1) is 14.9. The summed E-state index contributed by atoms with van der Waals surface area (Å²) in [5, 5.41) is 14.4. The lowest BCUT2D eigenvalue weighted by Gasteiger charge is -2.14. The molecule has 8 heteroatoms. The van der Waals surface area contributed by atoms with Gasteiger partial charge in [0.1, 0.15) is 18.1 Å². The van der Waals surface area contributed by atoms with Crippen molar-refractivity contribution in [2.75, 3.05) is 11.9 Å². The number of nitrogens with zero attached hydrogens (tertiary/aromatic N) is 1. The van der Waals surface area contributed by atoms with Gasteiger partial charge in [0.15, 0.2) is 0 Å². The van der Waals surface area contributed by atoms with Gasteiger partial charge >= 0.3 is 0 Å². The number of benzene rings is 3. The highest BCUT2D eigenvalue weighted by Crippen LogP contribution is 2.27. The Kier molecular flexibility index (Phi) is 7.10. The summed E-state index contributed by atoms with van der Waals surface area (Å²) in [6.45, 7) is 4.10. The molecule has 0 saturated carbocycles. The molecule has 1 N–H and O–H groups in total. The predicted molar refractivity (Wildman–Crippen MR) is 119 cm³/mol. The Balaban J connectivity index is 1.83. The predicted octanol–water partition coefficient (Wildman–Crippen LogP) is 5.79. The van der Waals surface area contributed by atoms with Crippen LogP contribution in [0.2, 0.25) is 5.02 Å². The fraction of sp³-hybridized carbons (Fsp3) is 0.174. The quantitative estimate of drug-likeness (QED) is 0.353. The summed E-state index contributed by atoms with van der Waals surface area (Å²) >= 11 is 6.00. The van der Waals surface area contributed by atoms with Crippen LogP contribution in [0.1, 0.15) is 28.4 Å². The van der Waals surface area contributed by atoms with E-state index in [9.17, 15) is 14.9 Å². The molecule has 0 unspecified atom stereocenters. The number of nitrogens with one attached hydrogen (secondary N) is 1. The zero-order valence-electron chi connectivity index (χ0n) is 17.1. The minimum Gasteiger partial charge on any atom is -0.493 e. The molecule has 3 aromatic rings. The van der Waals surface area contributed by atoms with E-state index >= 15 is 0 Å². The number of nitro groups is 1. The van der Waals surface area contributed by atoms with E-state index < -0.39 is 10.8 Å². The van der Waals surface area contributed by atoms with Crippen LogP contribution >= 0.6 is 11.6 Å². The highest BCUT2D eigenvalue weighted by Gasteiger charge is 2.17. The second-order valence-corrected chi connectivity index (χ2v) is 7.10. The Bertz CT molecular complexity index is 1120. The van der Waals surface area contributed by atoms with Crippen molar-refractivity contribution in [3.63, 3.8) is 0 Å². The average molecular weight is 441 g/mol. The molecule has 0 fully saturated rings. The molecule has 0 saturated heterocycles. The van der Waals surface area contributed by atoms with Crippen molar-refractivity contribution in [1.82, 2.24) is 0 Å². The zero-order valence-corrected chi connectivity index (χ0v) is 17.8. The zero-order chi connectivity index (χ0) is 22.4. The minimum absolute atomic E-state index is 0.0555. The molecule has 0 aromatic heterocycles. The van der Waals surface area contributed by atoms with Crippen molar-refractivity contribution in [3.05, 3.63) is 92.5 Å². The normalized spacial score (nSPS) is 10.4. The molecule has 0 bridgehead atoms. The van der Waals surface area contributed by atoms with Gasteiger partial charge in [0.2, 0.25) is 0 Å². The Morgan fingerprint density at radius 3 is 2.58 bits per heavy atom. The van der Waals surface area contributed by atoms with E-state index in [4.69, 9.17) is 21.1 Å². The number of halogens is 1. The van der Waals surface area contributed by atoms with Crippen LogP contribution in [0.4, 0.5) is 11.4 Å². The number of hydrogen-bond acceptors (Lipinski definition) is 5. The van der Waals surface area contributed by atoms with Crippen molar-refractivity contribution in [2.45, 2.75) is 20.5 Å². The van der Waals surface area contributed by atoms with Gasteiger partial charge in [-0.25, -0.2) is 0 Å². The fourth-order valence-electron chi connectivity index (χ4n) is 3.00. The van der Waals surface area contributed by atoms with Crippen molar-refractivity contribution < 1.29 is 19.2 Å². The molecule has 160 valence electrons. The second kappa shape index (κ2) is 9.95. The minimum atomic E-state index is -0.479. The molecular formula is C23H21ClN2O5. The lowest BCUT2D eigenvalue weighted by molar-refractivity contribution is -0.385. The van der Waals surface area contributed by atoms with Gasteiger partial charge in [-0.2, -0.15) is 0 Å². The highest BCUT2D eigenvalue weighted by atomic mass is 35.5. The summed E-state index contributed by atoms with van der Waals surface area (Å²) in [6.07, 6.45) is 0. The number of nitro benzene ring substituents is 1. The van der Waals surface area contributed by atoms with Gasteiger partial charge in [0, 0.05) is 22.2 Å². The Morgan fingerprint density at radius 1 is 1.10 bits per heavy atom. The van der Waals surface area contributed by atoms with Gasteiger partial charge in [-0.1, -0.05) is 23.7 Å². The monoisotopic (exact) mass is 440 g/mol. The van der Waals surface area contributed by atoms with E-state index in [0.717, 1.165) is 0 Å². The third kappa shape index (κ3) is 5.52. The molecule has 0 radical (unpaired) electrons. The molecule has 0 spiro atoms. The number of anilines is 1. The van der Waals surface area contributed by atoms with Crippen LogP contribution in [-0.4, -0.2) is 17.4 Å². The molecule has 0 atom stereocenters. The lowest BCUT2D eigenvalue weighted by atomic mass is 10.1. The molecule has 31 heavy (non-hydrogen) atoms.